The maximum Gasteiger partial charge on any atom is 0.0593 e. The molecule has 0 saturated carbocycles. The number of hydrogen-bond donors (Lipinski definition) is 1. The number of rotatable bonds is 15. The summed E-state index contributed by atoms with van der Waals surface area (Å²) in [5.74, 6) is 0.866. The van der Waals surface area contributed by atoms with Crippen LogP contribution in [0.1, 0.15) is 87.0 Å². The van der Waals surface area contributed by atoms with E-state index in [-0.39, 0.29) is 5.41 Å². The summed E-state index contributed by atoms with van der Waals surface area (Å²) in [6.45, 7) is 30.5. The summed E-state index contributed by atoms with van der Waals surface area (Å²) in [5.41, 5.74) is 1.11. The van der Waals surface area contributed by atoms with Crippen LogP contribution < -0.4 is 5.32 Å². The zero-order valence-corrected chi connectivity index (χ0v) is 25.1. The predicted molar refractivity (Wildman–Crippen MR) is 152 cm³/mol. The van der Waals surface area contributed by atoms with Gasteiger partial charge in [-0.05, 0) is 93.9 Å². The van der Waals surface area contributed by atoms with E-state index in [0.29, 0.717) is 10.8 Å². The Kier molecular flexibility index (Phi) is 13.0. The van der Waals surface area contributed by atoms with Crippen LogP contribution in [0, 0.1) is 22.2 Å². The fourth-order valence-corrected chi connectivity index (χ4v) is 5.54. The zero-order chi connectivity index (χ0) is 26.0. The summed E-state index contributed by atoms with van der Waals surface area (Å²) in [5, 5.41) is 3.48. The van der Waals surface area contributed by atoms with Gasteiger partial charge in [-0.3, -0.25) is 0 Å². The number of nitrogens with zero attached hydrogens (tertiary/aromatic N) is 3. The lowest BCUT2D eigenvalue weighted by molar-refractivity contribution is 0.0364. The molecule has 5 nitrogen and oxygen atoms in total. The predicted octanol–water partition coefficient (Wildman–Crippen LogP) is 5.21. The quantitative estimate of drug-likeness (QED) is 0.316. The number of piperidine rings is 1. The molecule has 0 aromatic rings. The van der Waals surface area contributed by atoms with Crippen molar-refractivity contribution < 1.29 is 4.74 Å². The first-order valence-electron chi connectivity index (χ1n) is 14.8. The summed E-state index contributed by atoms with van der Waals surface area (Å²) >= 11 is 0. The van der Waals surface area contributed by atoms with Gasteiger partial charge in [-0.1, -0.05) is 48.5 Å². The van der Waals surface area contributed by atoms with Gasteiger partial charge in [-0.2, -0.15) is 0 Å². The van der Waals surface area contributed by atoms with E-state index in [4.69, 9.17) is 4.74 Å². The Hall–Kier alpha value is -0.200. The van der Waals surface area contributed by atoms with Crippen molar-refractivity contribution in [2.75, 3.05) is 85.7 Å². The summed E-state index contributed by atoms with van der Waals surface area (Å²) in [4.78, 5) is 7.82. The molecule has 0 aliphatic carbocycles. The van der Waals surface area contributed by atoms with Crippen molar-refractivity contribution in [1.29, 1.82) is 0 Å². The van der Waals surface area contributed by atoms with Crippen molar-refractivity contribution in [3.05, 3.63) is 0 Å². The first-order valence-corrected chi connectivity index (χ1v) is 14.8. The SMILES string of the molecule is CN(CCOCC(C)(C)CCN1CCCC(CC(C)(C)CCN2CCNCC2)C1)CCC(C)(C)C. The van der Waals surface area contributed by atoms with E-state index in [0.717, 1.165) is 45.3 Å². The molecule has 2 fully saturated rings. The van der Waals surface area contributed by atoms with Crippen LogP contribution >= 0.6 is 0 Å². The molecule has 0 spiro atoms. The van der Waals surface area contributed by atoms with E-state index < -0.39 is 0 Å². The minimum atomic E-state index is 0.249. The Balaban J connectivity index is 1.62. The monoisotopic (exact) mass is 494 g/mol. The summed E-state index contributed by atoms with van der Waals surface area (Å²) in [7, 11) is 2.22. The van der Waals surface area contributed by atoms with Crippen LogP contribution in [0.25, 0.3) is 0 Å². The number of likely N-dealkylation sites (N-methyl/N-ethyl adjacent to an activating group) is 1. The van der Waals surface area contributed by atoms with Crippen LogP contribution in [0.3, 0.4) is 0 Å². The molecule has 1 unspecified atom stereocenters. The number of nitrogens with one attached hydrogen (secondary N) is 1. The van der Waals surface area contributed by atoms with E-state index >= 15 is 0 Å². The van der Waals surface area contributed by atoms with Crippen LogP contribution in [0.15, 0.2) is 0 Å². The van der Waals surface area contributed by atoms with Gasteiger partial charge in [0.2, 0.25) is 0 Å². The Morgan fingerprint density at radius 3 is 2.17 bits per heavy atom. The smallest absolute Gasteiger partial charge is 0.0593 e. The van der Waals surface area contributed by atoms with Gasteiger partial charge in [0.05, 0.1) is 13.2 Å². The van der Waals surface area contributed by atoms with Crippen molar-refractivity contribution in [3.8, 4) is 0 Å². The second-order valence-corrected chi connectivity index (χ2v) is 14.6. The average molecular weight is 495 g/mol. The molecular formula is C30H62N4O. The second kappa shape index (κ2) is 14.7. The van der Waals surface area contributed by atoms with Crippen LogP contribution in [0.5, 0.6) is 0 Å². The molecule has 1 atom stereocenters. The van der Waals surface area contributed by atoms with Gasteiger partial charge in [0.1, 0.15) is 0 Å². The molecule has 2 aliphatic rings. The first kappa shape index (κ1) is 31.0. The Labute approximate surface area is 219 Å². The highest BCUT2D eigenvalue weighted by Gasteiger charge is 2.29. The topological polar surface area (TPSA) is 31.0 Å². The molecular weight excluding hydrogens is 432 g/mol. The normalized spacial score (nSPS) is 21.7. The van der Waals surface area contributed by atoms with E-state index in [2.05, 4.69) is 75.5 Å². The van der Waals surface area contributed by atoms with Gasteiger partial charge in [0.25, 0.3) is 0 Å². The van der Waals surface area contributed by atoms with Crippen LogP contribution in [-0.4, -0.2) is 100 Å². The molecule has 2 saturated heterocycles. The molecule has 0 radical (unpaired) electrons. The van der Waals surface area contributed by atoms with Crippen molar-refractivity contribution in [3.63, 3.8) is 0 Å². The van der Waals surface area contributed by atoms with Gasteiger partial charge in [0.15, 0.2) is 0 Å². The third-order valence-electron chi connectivity index (χ3n) is 8.22. The number of likely N-dealkylation sites (tertiary alicyclic amines) is 1. The van der Waals surface area contributed by atoms with Gasteiger partial charge in [0, 0.05) is 39.3 Å². The molecule has 2 aliphatic heterocycles. The van der Waals surface area contributed by atoms with Crippen LogP contribution in [0.2, 0.25) is 0 Å². The van der Waals surface area contributed by atoms with Crippen molar-refractivity contribution in [2.24, 2.45) is 22.2 Å². The minimum absolute atomic E-state index is 0.249. The highest BCUT2D eigenvalue weighted by Crippen LogP contribution is 2.34. The number of ether oxygens (including phenoxy) is 1. The van der Waals surface area contributed by atoms with E-state index in [1.807, 2.05) is 0 Å². The molecule has 2 heterocycles. The molecule has 1 N–H and O–H groups in total. The van der Waals surface area contributed by atoms with E-state index in [1.165, 1.54) is 77.8 Å². The summed E-state index contributed by atoms with van der Waals surface area (Å²) in [6.07, 6.45) is 7.97. The highest BCUT2D eigenvalue weighted by atomic mass is 16.5. The maximum absolute atomic E-state index is 6.14. The molecule has 0 bridgehead atoms. The average Bonchev–Trinajstić information content (AvgIpc) is 2.78. The Bertz CT molecular complexity index is 565. The van der Waals surface area contributed by atoms with Crippen LogP contribution in [0.4, 0.5) is 0 Å². The van der Waals surface area contributed by atoms with Gasteiger partial charge >= 0.3 is 0 Å². The Morgan fingerprint density at radius 2 is 1.49 bits per heavy atom. The molecule has 35 heavy (non-hydrogen) atoms. The largest absolute Gasteiger partial charge is 0.380 e. The zero-order valence-electron chi connectivity index (χ0n) is 25.1. The molecule has 2 rings (SSSR count). The number of hydrogen-bond acceptors (Lipinski definition) is 5. The lowest BCUT2D eigenvalue weighted by Gasteiger charge is -2.39. The third-order valence-corrected chi connectivity index (χ3v) is 8.22. The molecule has 0 aromatic carbocycles. The maximum atomic E-state index is 6.14. The fourth-order valence-electron chi connectivity index (χ4n) is 5.54. The Morgan fingerprint density at radius 1 is 0.829 bits per heavy atom. The van der Waals surface area contributed by atoms with E-state index in [1.54, 1.807) is 0 Å². The van der Waals surface area contributed by atoms with Crippen molar-refractivity contribution >= 4 is 0 Å². The molecule has 208 valence electrons. The summed E-state index contributed by atoms with van der Waals surface area (Å²) < 4.78 is 6.14. The van der Waals surface area contributed by atoms with Crippen molar-refractivity contribution in [1.82, 2.24) is 20.0 Å². The first-order chi connectivity index (χ1) is 16.3. The van der Waals surface area contributed by atoms with Gasteiger partial charge in [-0.15, -0.1) is 0 Å². The van der Waals surface area contributed by atoms with Crippen molar-refractivity contribution in [2.45, 2.75) is 87.0 Å². The lowest BCUT2D eigenvalue weighted by Crippen LogP contribution is -2.44. The van der Waals surface area contributed by atoms with E-state index in [9.17, 15) is 0 Å². The minimum Gasteiger partial charge on any atom is -0.380 e. The number of piperazine rings is 1. The molecule has 0 amide bonds. The molecule has 5 heteroatoms. The van der Waals surface area contributed by atoms with Gasteiger partial charge in [-0.25, -0.2) is 0 Å². The van der Waals surface area contributed by atoms with Crippen LogP contribution in [-0.2, 0) is 4.74 Å². The second-order valence-electron chi connectivity index (χ2n) is 14.6. The highest BCUT2D eigenvalue weighted by molar-refractivity contribution is 4.82. The standard InChI is InChI=1S/C30H62N4O/c1-28(2,3)11-17-32(8)22-23-35-26-30(6,7)13-19-34-16-9-10-27(25-34)24-29(4,5)12-18-33-20-14-31-15-21-33/h27,31H,9-26H2,1-8H3. The fraction of sp³-hybridized carbons (Fsp3) is 1.00. The summed E-state index contributed by atoms with van der Waals surface area (Å²) in [6, 6.07) is 0. The molecule has 0 aromatic heterocycles. The lowest BCUT2D eigenvalue weighted by atomic mass is 9.77. The van der Waals surface area contributed by atoms with Gasteiger partial charge < -0.3 is 24.8 Å². The third kappa shape index (κ3) is 14.4.